The monoisotopic (exact) mass is 325 g/mol. The number of carbonyl (C=O) groups excluding carboxylic acids is 1. The van der Waals surface area contributed by atoms with Crippen LogP contribution in [0.1, 0.15) is 54.2 Å². The van der Waals surface area contributed by atoms with Crippen LogP contribution in [-0.2, 0) is 0 Å². The molecule has 126 valence electrons. The molecule has 2 aliphatic rings. The summed E-state index contributed by atoms with van der Waals surface area (Å²) in [4.78, 5) is 21.8. The number of H-pyrrole nitrogens is 1. The maximum absolute atomic E-state index is 13.1. The largest absolute Gasteiger partial charge is 0.357 e. The zero-order valence-electron chi connectivity index (χ0n) is 13.8. The maximum atomic E-state index is 13.1. The van der Waals surface area contributed by atoms with Gasteiger partial charge in [0.15, 0.2) is 0 Å². The number of carbonyl (C=O) groups is 1. The lowest BCUT2D eigenvalue weighted by Crippen LogP contribution is -2.38. The van der Waals surface area contributed by atoms with Crippen molar-refractivity contribution in [2.75, 3.05) is 24.5 Å². The molecule has 4 rings (SSSR count). The Morgan fingerprint density at radius 1 is 1.08 bits per heavy atom. The second kappa shape index (κ2) is 6.63. The summed E-state index contributed by atoms with van der Waals surface area (Å²) in [6.45, 7) is 2.86. The highest BCUT2D eigenvalue weighted by molar-refractivity contribution is 5.95. The minimum Gasteiger partial charge on any atom is -0.357 e. The normalized spacial score (nSPS) is 21.2. The number of piperidine rings is 1. The molecule has 6 heteroatoms. The summed E-state index contributed by atoms with van der Waals surface area (Å²) >= 11 is 0. The number of amides is 1. The van der Waals surface area contributed by atoms with Crippen molar-refractivity contribution in [3.05, 3.63) is 41.9 Å². The van der Waals surface area contributed by atoms with Crippen LogP contribution in [0.25, 0.3) is 0 Å². The van der Waals surface area contributed by atoms with Gasteiger partial charge < -0.3 is 9.80 Å². The summed E-state index contributed by atoms with van der Waals surface area (Å²) in [7, 11) is 0. The Hall–Kier alpha value is -2.37. The van der Waals surface area contributed by atoms with Crippen LogP contribution < -0.4 is 4.90 Å². The smallest absolute Gasteiger partial charge is 0.254 e. The fourth-order valence-electron chi connectivity index (χ4n) is 3.79. The Balaban J connectivity index is 1.58. The minimum absolute atomic E-state index is 0.0946. The van der Waals surface area contributed by atoms with Crippen molar-refractivity contribution in [2.45, 2.75) is 38.1 Å². The first-order valence-corrected chi connectivity index (χ1v) is 8.84. The van der Waals surface area contributed by atoms with E-state index in [-0.39, 0.29) is 11.9 Å². The number of aromatic nitrogens is 3. The SMILES string of the molecule is O=C(c1ccnc(N2CCCC2)c1)N1CCCC[C@H]1c1ccn[nH]1. The number of hydrogen-bond acceptors (Lipinski definition) is 4. The predicted molar refractivity (Wildman–Crippen MR) is 91.9 cm³/mol. The van der Waals surface area contributed by atoms with Crippen LogP contribution in [0.15, 0.2) is 30.6 Å². The minimum atomic E-state index is 0.0946. The summed E-state index contributed by atoms with van der Waals surface area (Å²) < 4.78 is 0. The third-order valence-corrected chi connectivity index (χ3v) is 5.07. The number of aromatic amines is 1. The van der Waals surface area contributed by atoms with Gasteiger partial charge in [-0.1, -0.05) is 0 Å². The lowest BCUT2D eigenvalue weighted by atomic mass is 9.98. The van der Waals surface area contributed by atoms with E-state index in [1.54, 1.807) is 12.4 Å². The molecule has 1 amide bonds. The van der Waals surface area contributed by atoms with Crippen molar-refractivity contribution in [3.8, 4) is 0 Å². The average Bonchev–Trinajstić information content (AvgIpc) is 3.35. The Morgan fingerprint density at radius 3 is 2.71 bits per heavy atom. The number of hydrogen-bond donors (Lipinski definition) is 1. The molecular formula is C18H23N5O. The molecule has 2 aromatic rings. The summed E-state index contributed by atoms with van der Waals surface area (Å²) in [5.74, 6) is 1.02. The first-order chi connectivity index (χ1) is 11.8. The van der Waals surface area contributed by atoms with Gasteiger partial charge in [0.1, 0.15) is 5.82 Å². The topological polar surface area (TPSA) is 65.1 Å². The maximum Gasteiger partial charge on any atom is 0.254 e. The van der Waals surface area contributed by atoms with Gasteiger partial charge in [-0.3, -0.25) is 9.89 Å². The molecule has 1 atom stereocenters. The van der Waals surface area contributed by atoms with Crippen molar-refractivity contribution in [3.63, 3.8) is 0 Å². The molecule has 0 unspecified atom stereocenters. The van der Waals surface area contributed by atoms with E-state index in [9.17, 15) is 4.79 Å². The first kappa shape index (κ1) is 15.2. The molecule has 0 saturated carbocycles. The molecule has 0 spiro atoms. The van der Waals surface area contributed by atoms with Gasteiger partial charge in [0.2, 0.25) is 0 Å². The van der Waals surface area contributed by atoms with Gasteiger partial charge in [0, 0.05) is 37.6 Å². The van der Waals surface area contributed by atoms with E-state index >= 15 is 0 Å². The predicted octanol–water partition coefficient (Wildman–Crippen LogP) is 2.77. The Morgan fingerprint density at radius 2 is 1.92 bits per heavy atom. The van der Waals surface area contributed by atoms with Gasteiger partial charge in [-0.15, -0.1) is 0 Å². The van der Waals surface area contributed by atoms with E-state index in [2.05, 4.69) is 20.1 Å². The molecule has 2 fully saturated rings. The second-order valence-corrected chi connectivity index (χ2v) is 6.62. The van der Waals surface area contributed by atoms with E-state index in [4.69, 9.17) is 0 Å². The molecule has 0 bridgehead atoms. The quantitative estimate of drug-likeness (QED) is 0.942. The summed E-state index contributed by atoms with van der Waals surface area (Å²) in [5, 5.41) is 7.09. The van der Waals surface area contributed by atoms with Gasteiger partial charge >= 0.3 is 0 Å². The van der Waals surface area contributed by atoms with Crippen molar-refractivity contribution in [1.29, 1.82) is 0 Å². The van der Waals surface area contributed by atoms with Gasteiger partial charge in [-0.25, -0.2) is 4.98 Å². The Kier molecular flexibility index (Phi) is 4.19. The number of nitrogens with one attached hydrogen (secondary N) is 1. The van der Waals surface area contributed by atoms with Gasteiger partial charge in [-0.05, 0) is 50.3 Å². The number of anilines is 1. The van der Waals surface area contributed by atoms with Crippen molar-refractivity contribution in [2.24, 2.45) is 0 Å². The van der Waals surface area contributed by atoms with E-state index < -0.39 is 0 Å². The fraction of sp³-hybridized carbons (Fsp3) is 0.500. The molecule has 1 N–H and O–H groups in total. The Bertz CT molecular complexity index is 693. The lowest BCUT2D eigenvalue weighted by Gasteiger charge is -2.35. The number of likely N-dealkylation sites (tertiary alicyclic amines) is 1. The van der Waals surface area contributed by atoms with E-state index in [1.807, 2.05) is 23.1 Å². The average molecular weight is 325 g/mol. The molecule has 2 aliphatic heterocycles. The Labute approximate surface area is 141 Å². The number of nitrogens with zero attached hydrogens (tertiary/aromatic N) is 4. The van der Waals surface area contributed by atoms with Gasteiger partial charge in [-0.2, -0.15) is 5.10 Å². The number of pyridine rings is 1. The van der Waals surface area contributed by atoms with Gasteiger partial charge in [0.25, 0.3) is 5.91 Å². The van der Waals surface area contributed by atoms with Crippen LogP contribution in [0, 0.1) is 0 Å². The summed E-state index contributed by atoms with van der Waals surface area (Å²) in [6.07, 6.45) is 9.10. The molecule has 2 aromatic heterocycles. The summed E-state index contributed by atoms with van der Waals surface area (Å²) in [5.41, 5.74) is 1.76. The van der Waals surface area contributed by atoms with Crippen LogP contribution in [0.5, 0.6) is 0 Å². The molecule has 4 heterocycles. The van der Waals surface area contributed by atoms with E-state index in [0.29, 0.717) is 0 Å². The summed E-state index contributed by atoms with van der Waals surface area (Å²) in [6, 6.07) is 5.85. The molecule has 2 saturated heterocycles. The molecule has 0 aromatic carbocycles. The highest BCUT2D eigenvalue weighted by Crippen LogP contribution is 2.31. The van der Waals surface area contributed by atoms with Crippen LogP contribution in [0.4, 0.5) is 5.82 Å². The van der Waals surface area contributed by atoms with Crippen LogP contribution in [0.2, 0.25) is 0 Å². The van der Waals surface area contributed by atoms with Crippen LogP contribution in [-0.4, -0.2) is 45.6 Å². The second-order valence-electron chi connectivity index (χ2n) is 6.62. The van der Waals surface area contributed by atoms with Gasteiger partial charge in [0.05, 0.1) is 11.7 Å². The lowest BCUT2D eigenvalue weighted by molar-refractivity contribution is 0.0606. The third kappa shape index (κ3) is 2.88. The van der Waals surface area contributed by atoms with E-state index in [0.717, 1.165) is 56.0 Å². The molecule has 0 aliphatic carbocycles. The zero-order valence-corrected chi connectivity index (χ0v) is 13.8. The van der Waals surface area contributed by atoms with Crippen molar-refractivity contribution >= 4 is 11.7 Å². The highest BCUT2D eigenvalue weighted by Gasteiger charge is 2.30. The zero-order chi connectivity index (χ0) is 16.4. The molecule has 0 radical (unpaired) electrons. The van der Waals surface area contributed by atoms with Crippen molar-refractivity contribution < 1.29 is 4.79 Å². The molecule has 24 heavy (non-hydrogen) atoms. The fourth-order valence-corrected chi connectivity index (χ4v) is 3.79. The first-order valence-electron chi connectivity index (χ1n) is 8.84. The number of rotatable bonds is 3. The van der Waals surface area contributed by atoms with E-state index in [1.165, 1.54) is 12.8 Å². The standard InChI is InChI=1S/C18H23N5O/c24-18(14-6-8-19-17(13-14)22-10-3-4-11-22)23-12-2-1-5-16(23)15-7-9-20-21-15/h6-9,13,16H,1-5,10-12H2,(H,20,21)/t16-/m0/s1. The third-order valence-electron chi connectivity index (χ3n) is 5.07. The van der Waals surface area contributed by atoms with Crippen molar-refractivity contribution in [1.82, 2.24) is 20.1 Å². The highest BCUT2D eigenvalue weighted by atomic mass is 16.2. The molecular weight excluding hydrogens is 302 g/mol. The van der Waals surface area contributed by atoms with Crippen LogP contribution >= 0.6 is 0 Å². The molecule has 6 nitrogen and oxygen atoms in total. The van der Waals surface area contributed by atoms with Crippen LogP contribution in [0.3, 0.4) is 0 Å².